The van der Waals surface area contributed by atoms with E-state index in [0.29, 0.717) is 5.92 Å². The zero-order valence-corrected chi connectivity index (χ0v) is 8.65. The third-order valence-corrected chi connectivity index (χ3v) is 2.81. The molecule has 0 unspecified atom stereocenters. The maximum Gasteiger partial charge on any atom is 0.171 e. The molecule has 4 heteroatoms. The average molecular weight is 231 g/mol. The second-order valence-electron chi connectivity index (χ2n) is 3.79. The fourth-order valence-corrected chi connectivity index (χ4v) is 1.72. The molecule has 1 aromatic rings. The lowest BCUT2D eigenvalue weighted by Crippen LogP contribution is -2.06. The number of ketones is 1. The first kappa shape index (κ1) is 10.6. The highest BCUT2D eigenvalue weighted by molar-refractivity contribution is 6.34. The predicted octanol–water partition coefficient (Wildman–Crippen LogP) is 3.60. The van der Waals surface area contributed by atoms with Gasteiger partial charge in [0.1, 0.15) is 0 Å². The van der Waals surface area contributed by atoms with Gasteiger partial charge in [-0.15, -0.1) is 0 Å². The lowest BCUT2D eigenvalue weighted by molar-refractivity contribution is 0.0971. The van der Waals surface area contributed by atoms with E-state index in [0.717, 1.165) is 18.9 Å². The standard InChI is InChI=1S/C11H9ClF2O/c12-7-3-4-8(13)11(14)10(7)9(15)5-6-1-2-6/h3-4,6H,1-2,5H2. The van der Waals surface area contributed by atoms with Crippen LogP contribution < -0.4 is 0 Å². The van der Waals surface area contributed by atoms with Crippen molar-refractivity contribution in [2.75, 3.05) is 0 Å². The highest BCUT2D eigenvalue weighted by atomic mass is 35.5. The number of hydrogen-bond donors (Lipinski definition) is 0. The molecule has 0 N–H and O–H groups in total. The number of carbonyl (C=O) groups is 1. The smallest absolute Gasteiger partial charge is 0.171 e. The third-order valence-electron chi connectivity index (χ3n) is 2.49. The first-order valence-corrected chi connectivity index (χ1v) is 5.14. The van der Waals surface area contributed by atoms with Crippen LogP contribution in [0.15, 0.2) is 12.1 Å². The van der Waals surface area contributed by atoms with Crippen molar-refractivity contribution >= 4 is 17.4 Å². The number of carbonyl (C=O) groups excluding carboxylic acids is 1. The zero-order valence-electron chi connectivity index (χ0n) is 7.90. The second kappa shape index (κ2) is 3.89. The predicted molar refractivity (Wildman–Crippen MR) is 53.0 cm³/mol. The van der Waals surface area contributed by atoms with Crippen molar-refractivity contribution in [3.8, 4) is 0 Å². The van der Waals surface area contributed by atoms with Gasteiger partial charge in [0.2, 0.25) is 0 Å². The van der Waals surface area contributed by atoms with Crippen molar-refractivity contribution in [2.24, 2.45) is 5.92 Å². The summed E-state index contributed by atoms with van der Waals surface area (Å²) in [6.45, 7) is 0. The van der Waals surface area contributed by atoms with Gasteiger partial charge in [0.05, 0.1) is 10.6 Å². The van der Waals surface area contributed by atoms with Gasteiger partial charge in [-0.05, 0) is 30.9 Å². The van der Waals surface area contributed by atoms with Crippen molar-refractivity contribution < 1.29 is 13.6 Å². The zero-order chi connectivity index (χ0) is 11.0. The molecule has 0 aliphatic heterocycles. The Labute approximate surface area is 91.0 Å². The first-order chi connectivity index (χ1) is 7.09. The maximum absolute atomic E-state index is 13.3. The van der Waals surface area contributed by atoms with Crippen molar-refractivity contribution in [2.45, 2.75) is 19.3 Å². The fraction of sp³-hybridized carbons (Fsp3) is 0.364. The molecule has 0 radical (unpaired) electrons. The summed E-state index contributed by atoms with van der Waals surface area (Å²) >= 11 is 5.67. The molecule has 1 aliphatic rings. The van der Waals surface area contributed by atoms with Crippen molar-refractivity contribution in [3.63, 3.8) is 0 Å². The molecule has 1 aliphatic carbocycles. The van der Waals surface area contributed by atoms with Crippen LogP contribution in [0.4, 0.5) is 8.78 Å². The molecule has 0 amide bonds. The van der Waals surface area contributed by atoms with E-state index in [9.17, 15) is 13.6 Å². The Morgan fingerprint density at radius 2 is 2.07 bits per heavy atom. The Balaban J connectivity index is 2.32. The summed E-state index contributed by atoms with van der Waals surface area (Å²) < 4.78 is 26.2. The van der Waals surface area contributed by atoms with Gasteiger partial charge in [0.25, 0.3) is 0 Å². The molecule has 0 saturated heterocycles. The van der Waals surface area contributed by atoms with Gasteiger partial charge in [-0.25, -0.2) is 8.78 Å². The number of benzene rings is 1. The van der Waals surface area contributed by atoms with Crippen LogP contribution in [0.2, 0.25) is 5.02 Å². The summed E-state index contributed by atoms with van der Waals surface area (Å²) in [6, 6.07) is 2.13. The van der Waals surface area contributed by atoms with Crippen LogP contribution in [0.3, 0.4) is 0 Å². The monoisotopic (exact) mass is 230 g/mol. The van der Waals surface area contributed by atoms with E-state index in [4.69, 9.17) is 11.6 Å². The molecular weight excluding hydrogens is 222 g/mol. The fourth-order valence-electron chi connectivity index (χ4n) is 1.47. The number of rotatable bonds is 3. The van der Waals surface area contributed by atoms with Crippen LogP contribution in [-0.4, -0.2) is 5.78 Å². The molecule has 80 valence electrons. The molecular formula is C11H9ClF2O. The molecule has 0 bridgehead atoms. The van der Waals surface area contributed by atoms with Gasteiger partial charge in [-0.3, -0.25) is 4.79 Å². The topological polar surface area (TPSA) is 17.1 Å². The SMILES string of the molecule is O=C(CC1CC1)c1c(Cl)ccc(F)c1F. The molecule has 0 heterocycles. The second-order valence-corrected chi connectivity index (χ2v) is 4.20. The molecule has 1 saturated carbocycles. The van der Waals surface area contributed by atoms with E-state index >= 15 is 0 Å². The molecule has 0 aromatic heterocycles. The van der Waals surface area contributed by atoms with E-state index in [1.165, 1.54) is 6.07 Å². The third kappa shape index (κ3) is 2.17. The minimum Gasteiger partial charge on any atom is -0.294 e. The summed E-state index contributed by atoms with van der Waals surface area (Å²) in [7, 11) is 0. The summed E-state index contributed by atoms with van der Waals surface area (Å²) in [6.07, 6.45) is 2.24. The number of halogens is 3. The molecule has 0 atom stereocenters. The molecule has 15 heavy (non-hydrogen) atoms. The molecule has 1 nitrogen and oxygen atoms in total. The van der Waals surface area contributed by atoms with Gasteiger partial charge in [0.15, 0.2) is 17.4 Å². The van der Waals surface area contributed by atoms with Crippen LogP contribution in [0.25, 0.3) is 0 Å². The van der Waals surface area contributed by atoms with E-state index in [2.05, 4.69) is 0 Å². The average Bonchev–Trinajstić information content (AvgIpc) is 2.96. The van der Waals surface area contributed by atoms with Crippen LogP contribution >= 0.6 is 11.6 Å². The highest BCUT2D eigenvalue weighted by Gasteiger charge is 2.28. The highest BCUT2D eigenvalue weighted by Crippen LogP contribution is 2.35. The first-order valence-electron chi connectivity index (χ1n) is 4.76. The quantitative estimate of drug-likeness (QED) is 0.573. The van der Waals surface area contributed by atoms with E-state index in [1.807, 2.05) is 0 Å². The van der Waals surface area contributed by atoms with Gasteiger partial charge in [0, 0.05) is 6.42 Å². The molecule has 1 aromatic carbocycles. The normalized spacial score (nSPS) is 15.4. The lowest BCUT2D eigenvalue weighted by atomic mass is 10.1. The van der Waals surface area contributed by atoms with E-state index < -0.39 is 17.4 Å². The summed E-state index contributed by atoms with van der Waals surface area (Å²) in [4.78, 5) is 11.6. The number of Topliss-reactive ketones (excluding diaryl/α,β-unsaturated/α-hetero) is 1. The Hall–Kier alpha value is -0.960. The Morgan fingerprint density at radius 3 is 2.67 bits per heavy atom. The van der Waals surface area contributed by atoms with Crippen LogP contribution in [0.1, 0.15) is 29.6 Å². The summed E-state index contributed by atoms with van der Waals surface area (Å²) in [5.41, 5.74) is -0.302. The van der Waals surface area contributed by atoms with E-state index in [1.54, 1.807) is 0 Å². The van der Waals surface area contributed by atoms with Crippen molar-refractivity contribution in [1.82, 2.24) is 0 Å². The minimum absolute atomic E-state index is 0.0143. The van der Waals surface area contributed by atoms with Crippen LogP contribution in [0, 0.1) is 17.6 Å². The molecule has 1 fully saturated rings. The van der Waals surface area contributed by atoms with Crippen LogP contribution in [0.5, 0.6) is 0 Å². The van der Waals surface area contributed by atoms with Gasteiger partial charge in [-0.2, -0.15) is 0 Å². The van der Waals surface area contributed by atoms with E-state index in [-0.39, 0.29) is 17.0 Å². The molecule has 0 spiro atoms. The summed E-state index contributed by atoms with van der Waals surface area (Å²) in [5, 5.41) is -0.0143. The summed E-state index contributed by atoms with van der Waals surface area (Å²) in [5.74, 6) is -2.23. The van der Waals surface area contributed by atoms with Crippen molar-refractivity contribution in [3.05, 3.63) is 34.4 Å². The Bertz CT molecular complexity index is 413. The van der Waals surface area contributed by atoms with Gasteiger partial charge >= 0.3 is 0 Å². The largest absolute Gasteiger partial charge is 0.294 e. The van der Waals surface area contributed by atoms with Gasteiger partial charge < -0.3 is 0 Å². The maximum atomic E-state index is 13.3. The lowest BCUT2D eigenvalue weighted by Gasteiger charge is -2.04. The number of hydrogen-bond acceptors (Lipinski definition) is 1. The Morgan fingerprint density at radius 1 is 1.40 bits per heavy atom. The van der Waals surface area contributed by atoms with Gasteiger partial charge in [-0.1, -0.05) is 11.6 Å². The van der Waals surface area contributed by atoms with Crippen molar-refractivity contribution in [1.29, 1.82) is 0 Å². The Kier molecular flexibility index (Phi) is 2.74. The molecule has 2 rings (SSSR count). The van der Waals surface area contributed by atoms with Crippen LogP contribution in [-0.2, 0) is 0 Å². The minimum atomic E-state index is -1.13.